The molecule has 110 valence electrons. The van der Waals surface area contributed by atoms with E-state index in [9.17, 15) is 14.7 Å². The van der Waals surface area contributed by atoms with E-state index in [0.717, 1.165) is 25.7 Å². The Hall–Kier alpha value is -1.32. The van der Waals surface area contributed by atoms with Crippen LogP contribution in [0.5, 0.6) is 0 Å². The summed E-state index contributed by atoms with van der Waals surface area (Å²) in [6.07, 6.45) is 5.05. The van der Waals surface area contributed by atoms with E-state index in [0.29, 0.717) is 12.8 Å². The van der Waals surface area contributed by atoms with E-state index in [2.05, 4.69) is 13.5 Å². The minimum atomic E-state index is -1.21. The molecule has 0 aromatic heterocycles. The second-order valence-electron chi connectivity index (χ2n) is 5.13. The smallest absolute Gasteiger partial charge is 0.331 e. The fraction of sp³-hybridized carbons (Fsp3) is 0.733. The van der Waals surface area contributed by atoms with Gasteiger partial charge in [-0.05, 0) is 24.7 Å². The van der Waals surface area contributed by atoms with Gasteiger partial charge in [0.05, 0.1) is 5.92 Å². The molecule has 0 heterocycles. The van der Waals surface area contributed by atoms with Gasteiger partial charge in [0.25, 0.3) is 0 Å². The van der Waals surface area contributed by atoms with Crippen molar-refractivity contribution in [3.05, 3.63) is 12.2 Å². The zero-order valence-electron chi connectivity index (χ0n) is 12.2. The van der Waals surface area contributed by atoms with Gasteiger partial charge in [-0.25, -0.2) is 4.79 Å². The van der Waals surface area contributed by atoms with E-state index in [1.54, 1.807) is 0 Å². The quantitative estimate of drug-likeness (QED) is 0.468. The molecule has 0 radical (unpaired) electrons. The van der Waals surface area contributed by atoms with Crippen LogP contribution in [0.1, 0.15) is 59.3 Å². The predicted octanol–water partition coefficient (Wildman–Crippen LogP) is 3.71. The van der Waals surface area contributed by atoms with E-state index in [1.165, 1.54) is 0 Å². The van der Waals surface area contributed by atoms with Gasteiger partial charge in [-0.2, -0.15) is 0 Å². The molecule has 2 N–H and O–H groups in total. The number of carbonyl (C=O) groups is 2. The number of carboxylic acids is 2. The van der Waals surface area contributed by atoms with Crippen molar-refractivity contribution in [2.24, 2.45) is 11.3 Å². The Morgan fingerprint density at radius 3 is 1.95 bits per heavy atom. The SMILES string of the molecule is C=C(C(=O)O)C(C(=O)O)C(CC)(CC)CCCCC. The number of hydrogen-bond donors (Lipinski definition) is 2. The van der Waals surface area contributed by atoms with E-state index < -0.39 is 23.3 Å². The summed E-state index contributed by atoms with van der Waals surface area (Å²) in [6.45, 7) is 9.44. The van der Waals surface area contributed by atoms with Crippen LogP contribution in [0.4, 0.5) is 0 Å². The fourth-order valence-electron chi connectivity index (χ4n) is 2.79. The summed E-state index contributed by atoms with van der Waals surface area (Å²) in [5.41, 5.74) is -0.705. The van der Waals surface area contributed by atoms with Crippen molar-refractivity contribution in [2.45, 2.75) is 59.3 Å². The van der Waals surface area contributed by atoms with Crippen LogP contribution in [0.3, 0.4) is 0 Å². The largest absolute Gasteiger partial charge is 0.481 e. The zero-order chi connectivity index (χ0) is 15.1. The average molecular weight is 270 g/mol. The number of unbranched alkanes of at least 4 members (excludes halogenated alkanes) is 2. The van der Waals surface area contributed by atoms with Crippen molar-refractivity contribution in [2.75, 3.05) is 0 Å². The van der Waals surface area contributed by atoms with Gasteiger partial charge in [-0.3, -0.25) is 4.79 Å². The summed E-state index contributed by atoms with van der Waals surface area (Å²) >= 11 is 0. The minimum Gasteiger partial charge on any atom is -0.481 e. The average Bonchev–Trinajstić information content (AvgIpc) is 2.36. The Morgan fingerprint density at radius 1 is 1.11 bits per heavy atom. The summed E-state index contributed by atoms with van der Waals surface area (Å²) in [7, 11) is 0. The van der Waals surface area contributed by atoms with Gasteiger partial charge in [0.2, 0.25) is 0 Å². The maximum Gasteiger partial charge on any atom is 0.331 e. The maximum atomic E-state index is 11.5. The Balaban J connectivity index is 5.32. The highest BCUT2D eigenvalue weighted by atomic mass is 16.4. The van der Waals surface area contributed by atoms with Crippen molar-refractivity contribution in [3.8, 4) is 0 Å². The molecule has 0 aliphatic rings. The molecule has 0 rings (SSSR count). The van der Waals surface area contributed by atoms with Gasteiger partial charge in [0.15, 0.2) is 0 Å². The molecule has 0 aliphatic carbocycles. The highest BCUT2D eigenvalue weighted by Crippen LogP contribution is 2.43. The molecule has 0 fully saturated rings. The normalized spacial score (nSPS) is 13.0. The van der Waals surface area contributed by atoms with Crippen LogP contribution >= 0.6 is 0 Å². The van der Waals surface area contributed by atoms with E-state index >= 15 is 0 Å². The molecule has 0 amide bonds. The molecule has 0 aromatic rings. The molecule has 0 saturated carbocycles. The minimum absolute atomic E-state index is 0.201. The molecule has 1 unspecified atom stereocenters. The van der Waals surface area contributed by atoms with Crippen LogP contribution in [-0.2, 0) is 9.59 Å². The van der Waals surface area contributed by atoms with Crippen molar-refractivity contribution in [1.29, 1.82) is 0 Å². The summed E-state index contributed by atoms with van der Waals surface area (Å²) in [6, 6.07) is 0. The molecule has 0 aliphatic heterocycles. The topological polar surface area (TPSA) is 74.6 Å². The second kappa shape index (κ2) is 7.97. The first-order valence-electron chi connectivity index (χ1n) is 7.01. The summed E-state index contributed by atoms with van der Waals surface area (Å²) in [5, 5.41) is 18.5. The van der Waals surface area contributed by atoms with Crippen molar-refractivity contribution >= 4 is 11.9 Å². The third kappa shape index (κ3) is 4.37. The molecule has 19 heavy (non-hydrogen) atoms. The number of hydrogen-bond acceptors (Lipinski definition) is 2. The first kappa shape index (κ1) is 17.7. The maximum absolute atomic E-state index is 11.5. The highest BCUT2D eigenvalue weighted by Gasteiger charge is 2.43. The fourth-order valence-corrected chi connectivity index (χ4v) is 2.79. The Labute approximate surface area is 115 Å². The molecule has 4 nitrogen and oxygen atoms in total. The molecular weight excluding hydrogens is 244 g/mol. The standard InChI is InChI=1S/C15H26O4/c1-5-8-9-10-15(6-2,7-3)12(14(18)19)11(4)13(16)17/h12H,4-10H2,1-3H3,(H,16,17)(H,18,19). The number of rotatable bonds is 10. The lowest BCUT2D eigenvalue weighted by molar-refractivity contribution is -0.148. The molecule has 0 spiro atoms. The molecule has 0 bridgehead atoms. The first-order valence-corrected chi connectivity index (χ1v) is 7.01. The van der Waals surface area contributed by atoms with Crippen molar-refractivity contribution in [3.63, 3.8) is 0 Å². The monoisotopic (exact) mass is 270 g/mol. The molecule has 4 heteroatoms. The van der Waals surface area contributed by atoms with Gasteiger partial charge in [-0.1, -0.05) is 46.6 Å². The van der Waals surface area contributed by atoms with Crippen LogP contribution in [0.15, 0.2) is 12.2 Å². The third-order valence-electron chi connectivity index (χ3n) is 4.17. The lowest BCUT2D eigenvalue weighted by Gasteiger charge is -2.37. The van der Waals surface area contributed by atoms with Crippen LogP contribution in [0, 0.1) is 11.3 Å². The molecular formula is C15H26O4. The van der Waals surface area contributed by atoms with Gasteiger partial charge >= 0.3 is 11.9 Å². The van der Waals surface area contributed by atoms with E-state index in [-0.39, 0.29) is 5.57 Å². The first-order chi connectivity index (χ1) is 8.86. The molecule has 0 saturated heterocycles. The predicted molar refractivity (Wildman–Crippen MR) is 75.1 cm³/mol. The van der Waals surface area contributed by atoms with Gasteiger partial charge in [0.1, 0.15) is 0 Å². The highest BCUT2D eigenvalue weighted by molar-refractivity contribution is 5.93. The third-order valence-corrected chi connectivity index (χ3v) is 4.17. The summed E-state index contributed by atoms with van der Waals surface area (Å²) in [5.74, 6) is -3.29. The van der Waals surface area contributed by atoms with E-state index in [1.807, 2.05) is 13.8 Å². The zero-order valence-corrected chi connectivity index (χ0v) is 12.2. The summed E-state index contributed by atoms with van der Waals surface area (Å²) < 4.78 is 0. The lowest BCUT2D eigenvalue weighted by Crippen LogP contribution is -2.38. The van der Waals surface area contributed by atoms with Crippen LogP contribution in [-0.4, -0.2) is 22.2 Å². The second-order valence-corrected chi connectivity index (χ2v) is 5.13. The Bertz CT molecular complexity index is 329. The van der Waals surface area contributed by atoms with Gasteiger partial charge in [-0.15, -0.1) is 0 Å². The van der Waals surface area contributed by atoms with Crippen molar-refractivity contribution in [1.82, 2.24) is 0 Å². The lowest BCUT2D eigenvalue weighted by atomic mass is 9.65. The van der Waals surface area contributed by atoms with Crippen LogP contribution in [0.25, 0.3) is 0 Å². The molecule has 1 atom stereocenters. The van der Waals surface area contributed by atoms with Crippen LogP contribution < -0.4 is 0 Å². The van der Waals surface area contributed by atoms with Crippen molar-refractivity contribution < 1.29 is 19.8 Å². The van der Waals surface area contributed by atoms with Crippen LogP contribution in [0.2, 0.25) is 0 Å². The number of carboxylic acid groups (broad SMARTS) is 2. The Morgan fingerprint density at radius 2 is 1.63 bits per heavy atom. The van der Waals surface area contributed by atoms with E-state index in [4.69, 9.17) is 5.11 Å². The summed E-state index contributed by atoms with van der Waals surface area (Å²) in [4.78, 5) is 22.6. The molecule has 0 aromatic carbocycles. The van der Waals surface area contributed by atoms with Gasteiger partial charge < -0.3 is 10.2 Å². The number of aliphatic carboxylic acids is 2. The van der Waals surface area contributed by atoms with Gasteiger partial charge in [0, 0.05) is 5.57 Å². The Kier molecular flexibility index (Phi) is 7.42.